The maximum atomic E-state index is 12.4. The molecule has 1 unspecified atom stereocenters. The van der Waals surface area contributed by atoms with Crippen LogP contribution in [0.2, 0.25) is 0 Å². The van der Waals surface area contributed by atoms with Crippen molar-refractivity contribution in [3.63, 3.8) is 0 Å². The van der Waals surface area contributed by atoms with Crippen molar-refractivity contribution in [2.24, 2.45) is 17.6 Å². The molecule has 2 N–H and O–H groups in total. The fourth-order valence-corrected chi connectivity index (χ4v) is 5.35. The Morgan fingerprint density at radius 1 is 1.45 bits per heavy atom. The number of amides is 1. The Labute approximate surface area is 126 Å². The Balaban J connectivity index is 2.72. The summed E-state index contributed by atoms with van der Waals surface area (Å²) in [5.41, 5.74) is 5.73. The van der Waals surface area contributed by atoms with E-state index in [0.29, 0.717) is 31.2 Å². The SMILES string of the molecule is CC(C)C[C@H](CN)CC(=O)N1CCSCC1S(C)(=O)=O. The molecule has 0 radical (unpaired) electrons. The van der Waals surface area contributed by atoms with Crippen LogP contribution in [0, 0.1) is 11.8 Å². The molecule has 0 saturated carbocycles. The number of hydrogen-bond acceptors (Lipinski definition) is 5. The summed E-state index contributed by atoms with van der Waals surface area (Å²) in [5.74, 6) is 1.82. The van der Waals surface area contributed by atoms with Crippen molar-refractivity contribution in [2.75, 3.05) is 30.9 Å². The van der Waals surface area contributed by atoms with E-state index in [1.54, 1.807) is 11.8 Å². The fourth-order valence-electron chi connectivity index (χ4n) is 2.51. The van der Waals surface area contributed by atoms with Crippen LogP contribution in [0.25, 0.3) is 0 Å². The van der Waals surface area contributed by atoms with Crippen LogP contribution < -0.4 is 5.73 Å². The number of rotatable bonds is 6. The number of nitrogens with two attached hydrogens (primary N) is 1. The maximum absolute atomic E-state index is 12.4. The molecule has 0 aromatic heterocycles. The van der Waals surface area contributed by atoms with E-state index in [9.17, 15) is 13.2 Å². The molecule has 0 spiro atoms. The Hall–Kier alpha value is -0.270. The summed E-state index contributed by atoms with van der Waals surface area (Å²) in [7, 11) is -3.23. The lowest BCUT2D eigenvalue weighted by molar-refractivity contribution is -0.132. The lowest BCUT2D eigenvalue weighted by atomic mass is 9.94. The van der Waals surface area contributed by atoms with Crippen molar-refractivity contribution in [3.05, 3.63) is 0 Å². The van der Waals surface area contributed by atoms with E-state index in [0.717, 1.165) is 12.2 Å². The fraction of sp³-hybridized carbons (Fsp3) is 0.923. The highest BCUT2D eigenvalue weighted by atomic mass is 32.2. The van der Waals surface area contributed by atoms with Crippen molar-refractivity contribution in [2.45, 2.75) is 32.1 Å². The topological polar surface area (TPSA) is 80.5 Å². The summed E-state index contributed by atoms with van der Waals surface area (Å²) >= 11 is 1.59. The number of carbonyl (C=O) groups excluding carboxylic acids is 1. The molecular weight excluding hydrogens is 296 g/mol. The molecule has 1 fully saturated rings. The number of thioether (sulfide) groups is 1. The summed E-state index contributed by atoms with van der Waals surface area (Å²) in [5, 5.41) is -0.675. The van der Waals surface area contributed by atoms with Crippen LogP contribution in [0.1, 0.15) is 26.7 Å². The summed E-state index contributed by atoms with van der Waals surface area (Å²) in [6, 6.07) is 0. The van der Waals surface area contributed by atoms with Gasteiger partial charge in [-0.3, -0.25) is 4.79 Å². The summed E-state index contributed by atoms with van der Waals surface area (Å²) < 4.78 is 23.6. The molecule has 1 rings (SSSR count). The van der Waals surface area contributed by atoms with E-state index < -0.39 is 15.2 Å². The average Bonchev–Trinajstić information content (AvgIpc) is 2.36. The molecule has 1 aliphatic heterocycles. The molecule has 2 atom stereocenters. The first kappa shape index (κ1) is 17.8. The van der Waals surface area contributed by atoms with Crippen molar-refractivity contribution in [3.8, 4) is 0 Å². The van der Waals surface area contributed by atoms with Gasteiger partial charge in [-0.15, -0.1) is 0 Å². The van der Waals surface area contributed by atoms with Gasteiger partial charge in [-0.25, -0.2) is 8.42 Å². The standard InChI is InChI=1S/C13H26N2O3S2/c1-10(2)6-11(8-14)7-12(16)15-4-5-19-9-13(15)20(3,17)18/h10-11,13H,4-9,14H2,1-3H3/t11-,13?/m0/s1. The second-order valence-electron chi connectivity index (χ2n) is 5.88. The molecule has 1 saturated heterocycles. The number of nitrogens with zero attached hydrogens (tertiary/aromatic N) is 1. The van der Waals surface area contributed by atoms with Crippen molar-refractivity contribution >= 4 is 27.5 Å². The van der Waals surface area contributed by atoms with Gasteiger partial charge in [-0.05, 0) is 24.8 Å². The van der Waals surface area contributed by atoms with Crippen LogP contribution in [-0.2, 0) is 14.6 Å². The molecule has 0 bridgehead atoms. The molecule has 1 amide bonds. The molecule has 0 aromatic rings. The van der Waals surface area contributed by atoms with Crippen molar-refractivity contribution in [1.82, 2.24) is 4.90 Å². The van der Waals surface area contributed by atoms with Gasteiger partial charge in [0.15, 0.2) is 9.84 Å². The molecule has 118 valence electrons. The monoisotopic (exact) mass is 322 g/mol. The lowest BCUT2D eigenvalue weighted by Gasteiger charge is -2.35. The average molecular weight is 322 g/mol. The quantitative estimate of drug-likeness (QED) is 0.787. The van der Waals surface area contributed by atoms with Gasteiger partial charge in [0.05, 0.1) is 0 Å². The third kappa shape index (κ3) is 5.26. The summed E-state index contributed by atoms with van der Waals surface area (Å²) in [6.07, 6.45) is 2.46. The van der Waals surface area contributed by atoms with Crippen LogP contribution in [0.4, 0.5) is 0 Å². The highest BCUT2D eigenvalue weighted by molar-refractivity contribution is 8.00. The van der Waals surface area contributed by atoms with Gasteiger partial charge >= 0.3 is 0 Å². The molecule has 1 aliphatic rings. The Bertz CT molecular complexity index is 423. The van der Waals surface area contributed by atoms with Gasteiger partial charge in [-0.1, -0.05) is 13.8 Å². The smallest absolute Gasteiger partial charge is 0.224 e. The highest BCUT2D eigenvalue weighted by Crippen LogP contribution is 2.23. The van der Waals surface area contributed by atoms with Gasteiger partial charge in [0, 0.05) is 30.7 Å². The van der Waals surface area contributed by atoms with Gasteiger partial charge < -0.3 is 10.6 Å². The van der Waals surface area contributed by atoms with Crippen LogP contribution in [0.5, 0.6) is 0 Å². The normalized spacial score (nSPS) is 22.1. The number of hydrogen-bond donors (Lipinski definition) is 1. The molecule has 7 heteroatoms. The first-order valence-corrected chi connectivity index (χ1v) is 10.1. The summed E-state index contributed by atoms with van der Waals surface area (Å²) in [4.78, 5) is 13.9. The number of carbonyl (C=O) groups is 1. The van der Waals surface area contributed by atoms with E-state index in [-0.39, 0.29) is 11.8 Å². The second kappa shape index (κ2) is 7.66. The molecular formula is C13H26N2O3S2. The second-order valence-corrected chi connectivity index (χ2v) is 9.23. The van der Waals surface area contributed by atoms with E-state index in [1.807, 2.05) is 0 Å². The van der Waals surface area contributed by atoms with Gasteiger partial charge in [0.2, 0.25) is 5.91 Å². The zero-order valence-electron chi connectivity index (χ0n) is 12.5. The van der Waals surface area contributed by atoms with Crippen molar-refractivity contribution in [1.29, 1.82) is 0 Å². The minimum absolute atomic E-state index is 0.0724. The first-order chi connectivity index (χ1) is 9.25. The largest absolute Gasteiger partial charge is 0.330 e. The molecule has 0 aliphatic carbocycles. The third-order valence-electron chi connectivity index (χ3n) is 3.50. The maximum Gasteiger partial charge on any atom is 0.224 e. The molecule has 20 heavy (non-hydrogen) atoms. The van der Waals surface area contributed by atoms with Gasteiger partial charge in [0.1, 0.15) is 5.37 Å². The predicted octanol–water partition coefficient (Wildman–Crippen LogP) is 0.944. The van der Waals surface area contributed by atoms with Gasteiger partial charge in [0.25, 0.3) is 0 Å². The molecule has 0 aromatic carbocycles. The first-order valence-electron chi connectivity index (χ1n) is 7.01. The van der Waals surface area contributed by atoms with E-state index >= 15 is 0 Å². The van der Waals surface area contributed by atoms with Crippen LogP contribution in [0.3, 0.4) is 0 Å². The molecule has 1 heterocycles. The van der Waals surface area contributed by atoms with Crippen molar-refractivity contribution < 1.29 is 13.2 Å². The van der Waals surface area contributed by atoms with E-state index in [4.69, 9.17) is 5.73 Å². The Kier molecular flexibility index (Phi) is 6.81. The summed E-state index contributed by atoms with van der Waals surface area (Å²) in [6.45, 7) is 5.18. The Morgan fingerprint density at radius 3 is 2.60 bits per heavy atom. The van der Waals surface area contributed by atoms with E-state index in [2.05, 4.69) is 13.8 Å². The molecule has 5 nitrogen and oxygen atoms in total. The minimum Gasteiger partial charge on any atom is -0.330 e. The lowest BCUT2D eigenvalue weighted by Crippen LogP contribution is -2.50. The predicted molar refractivity (Wildman–Crippen MR) is 84.3 cm³/mol. The Morgan fingerprint density at radius 2 is 2.10 bits per heavy atom. The number of sulfone groups is 1. The van der Waals surface area contributed by atoms with Crippen LogP contribution in [-0.4, -0.2) is 55.4 Å². The highest BCUT2D eigenvalue weighted by Gasteiger charge is 2.34. The van der Waals surface area contributed by atoms with Gasteiger partial charge in [-0.2, -0.15) is 11.8 Å². The zero-order chi connectivity index (χ0) is 15.3. The van der Waals surface area contributed by atoms with E-state index in [1.165, 1.54) is 11.2 Å². The van der Waals surface area contributed by atoms with Crippen LogP contribution in [0.15, 0.2) is 0 Å². The van der Waals surface area contributed by atoms with Crippen LogP contribution >= 0.6 is 11.8 Å². The third-order valence-corrected chi connectivity index (χ3v) is 6.14. The minimum atomic E-state index is -3.23. The zero-order valence-corrected chi connectivity index (χ0v) is 14.2.